The monoisotopic (exact) mass is 373 g/mol. The second-order valence-electron chi connectivity index (χ2n) is 7.23. The Morgan fingerprint density at radius 3 is 2.54 bits per heavy atom. The highest BCUT2D eigenvalue weighted by molar-refractivity contribution is 6.01. The predicted octanol–water partition coefficient (Wildman–Crippen LogP) is 3.82. The summed E-state index contributed by atoms with van der Waals surface area (Å²) in [5, 5.41) is 0. The Labute approximate surface area is 164 Å². The van der Waals surface area contributed by atoms with Crippen molar-refractivity contribution in [1.29, 1.82) is 0 Å². The molecule has 28 heavy (non-hydrogen) atoms. The first kappa shape index (κ1) is 18.2. The molecule has 1 atom stereocenters. The molecule has 2 aromatic carbocycles. The fraction of sp³-hybridized carbons (Fsp3) is 0.261. The highest BCUT2D eigenvalue weighted by Gasteiger charge is 2.30. The van der Waals surface area contributed by atoms with Crippen LogP contribution in [0.2, 0.25) is 0 Å². The van der Waals surface area contributed by atoms with Crippen LogP contribution in [0.3, 0.4) is 0 Å². The van der Waals surface area contributed by atoms with Crippen molar-refractivity contribution < 1.29 is 9.59 Å². The van der Waals surface area contributed by atoms with Crippen LogP contribution in [0.5, 0.6) is 0 Å². The van der Waals surface area contributed by atoms with Crippen molar-refractivity contribution in [1.82, 2.24) is 14.5 Å². The highest BCUT2D eigenvalue weighted by atomic mass is 16.2. The van der Waals surface area contributed by atoms with Crippen molar-refractivity contribution in [2.45, 2.75) is 12.8 Å². The number of rotatable bonds is 4. The number of piperidine rings is 1. The molecule has 0 bridgehead atoms. The summed E-state index contributed by atoms with van der Waals surface area (Å²) in [5.41, 5.74) is 2.16. The first-order chi connectivity index (χ1) is 13.6. The molecule has 0 saturated carbocycles. The third kappa shape index (κ3) is 3.48. The van der Waals surface area contributed by atoms with Crippen LogP contribution in [0.25, 0.3) is 11.4 Å². The summed E-state index contributed by atoms with van der Waals surface area (Å²) in [7, 11) is 1.92. The van der Waals surface area contributed by atoms with E-state index in [1.54, 1.807) is 6.20 Å². The van der Waals surface area contributed by atoms with Gasteiger partial charge < -0.3 is 9.47 Å². The van der Waals surface area contributed by atoms with Gasteiger partial charge in [-0.2, -0.15) is 0 Å². The van der Waals surface area contributed by atoms with Crippen LogP contribution < -0.4 is 0 Å². The lowest BCUT2D eigenvalue weighted by atomic mass is 9.89. The maximum atomic E-state index is 13.3. The summed E-state index contributed by atoms with van der Waals surface area (Å²) in [6.07, 6.45) is 5.25. The minimum absolute atomic E-state index is 0.0378. The Morgan fingerprint density at radius 2 is 1.79 bits per heavy atom. The molecule has 0 unspecified atom stereocenters. The van der Waals surface area contributed by atoms with Crippen molar-refractivity contribution in [3.05, 3.63) is 78.1 Å². The van der Waals surface area contributed by atoms with E-state index in [0.29, 0.717) is 18.7 Å². The molecular formula is C23H23N3O2. The summed E-state index contributed by atoms with van der Waals surface area (Å²) in [6.45, 7) is 1.13. The van der Waals surface area contributed by atoms with Gasteiger partial charge >= 0.3 is 0 Å². The number of nitrogens with zero attached hydrogens (tertiary/aromatic N) is 3. The maximum Gasteiger partial charge on any atom is 0.254 e. The van der Waals surface area contributed by atoms with Gasteiger partial charge in [0.1, 0.15) is 5.82 Å². The van der Waals surface area contributed by atoms with Gasteiger partial charge in [0.2, 0.25) is 0 Å². The van der Waals surface area contributed by atoms with Gasteiger partial charge in [-0.3, -0.25) is 9.59 Å². The molecular weight excluding hydrogens is 350 g/mol. The molecule has 5 nitrogen and oxygen atoms in total. The number of aryl methyl sites for hydroxylation is 1. The fourth-order valence-corrected chi connectivity index (χ4v) is 3.87. The standard InChI is InChI=1S/C23H23N3O2/c1-25-15-13-24-22(25)19-11-5-6-12-20(19)23(28)26-14-7-10-18(16-26)21(27)17-8-3-2-4-9-17/h2-6,8-9,11-13,15,18H,7,10,14,16H2,1H3/t18-/m1/s1. The normalized spacial score (nSPS) is 16.8. The number of ketones is 1. The zero-order valence-electron chi connectivity index (χ0n) is 15.9. The summed E-state index contributed by atoms with van der Waals surface area (Å²) < 4.78 is 1.91. The summed E-state index contributed by atoms with van der Waals surface area (Å²) in [4.78, 5) is 32.4. The third-order valence-electron chi connectivity index (χ3n) is 5.36. The molecule has 0 radical (unpaired) electrons. The summed E-state index contributed by atoms with van der Waals surface area (Å²) in [5.74, 6) is 0.693. The second kappa shape index (κ2) is 7.80. The van der Waals surface area contributed by atoms with Crippen LogP contribution in [-0.4, -0.2) is 39.2 Å². The summed E-state index contributed by atoms with van der Waals surface area (Å²) in [6, 6.07) is 16.9. The van der Waals surface area contributed by atoms with E-state index in [1.165, 1.54) is 0 Å². The van der Waals surface area contributed by atoms with Gasteiger partial charge in [0.25, 0.3) is 5.91 Å². The molecule has 0 N–H and O–H groups in total. The van der Waals surface area contributed by atoms with Gasteiger partial charge in [-0.1, -0.05) is 48.5 Å². The van der Waals surface area contributed by atoms with E-state index >= 15 is 0 Å². The number of aromatic nitrogens is 2. The number of amides is 1. The largest absolute Gasteiger partial charge is 0.338 e. The lowest BCUT2D eigenvalue weighted by Gasteiger charge is -2.32. The van der Waals surface area contributed by atoms with Crippen LogP contribution in [-0.2, 0) is 7.05 Å². The number of carbonyl (C=O) groups excluding carboxylic acids is 2. The van der Waals surface area contributed by atoms with Gasteiger partial charge in [0.05, 0.1) is 5.56 Å². The Balaban J connectivity index is 1.58. The maximum absolute atomic E-state index is 13.3. The Kier molecular flexibility index (Phi) is 5.06. The molecule has 2 heterocycles. The van der Waals surface area contributed by atoms with Gasteiger partial charge in [-0.05, 0) is 18.9 Å². The number of hydrogen-bond acceptors (Lipinski definition) is 3. The van der Waals surface area contributed by atoms with Crippen LogP contribution >= 0.6 is 0 Å². The topological polar surface area (TPSA) is 55.2 Å². The zero-order valence-corrected chi connectivity index (χ0v) is 15.9. The lowest BCUT2D eigenvalue weighted by molar-refractivity contribution is 0.0637. The van der Waals surface area contributed by atoms with Crippen LogP contribution in [0.15, 0.2) is 67.0 Å². The van der Waals surface area contributed by atoms with Gasteiger partial charge in [0, 0.05) is 49.6 Å². The van der Waals surface area contributed by atoms with Crippen molar-refractivity contribution >= 4 is 11.7 Å². The number of benzene rings is 2. The molecule has 0 spiro atoms. The average molecular weight is 373 g/mol. The van der Waals surface area contributed by atoms with E-state index in [9.17, 15) is 9.59 Å². The second-order valence-corrected chi connectivity index (χ2v) is 7.23. The van der Waals surface area contributed by atoms with E-state index in [-0.39, 0.29) is 17.6 Å². The Morgan fingerprint density at radius 1 is 1.04 bits per heavy atom. The first-order valence-electron chi connectivity index (χ1n) is 9.60. The van der Waals surface area contributed by atoms with Gasteiger partial charge in [-0.25, -0.2) is 4.98 Å². The molecule has 1 aromatic heterocycles. The van der Waals surface area contributed by atoms with Crippen molar-refractivity contribution in [3.8, 4) is 11.4 Å². The number of Topliss-reactive ketones (excluding diaryl/α,β-unsaturated/α-hetero) is 1. The third-order valence-corrected chi connectivity index (χ3v) is 5.36. The first-order valence-corrected chi connectivity index (χ1v) is 9.60. The molecule has 1 saturated heterocycles. The van der Waals surface area contributed by atoms with Crippen LogP contribution in [0.4, 0.5) is 0 Å². The SMILES string of the molecule is Cn1ccnc1-c1ccccc1C(=O)N1CCC[C@@H](C(=O)c2ccccc2)C1. The predicted molar refractivity (Wildman–Crippen MR) is 108 cm³/mol. The number of carbonyl (C=O) groups is 2. The minimum Gasteiger partial charge on any atom is -0.338 e. The smallest absolute Gasteiger partial charge is 0.254 e. The Hall–Kier alpha value is -3.21. The van der Waals surface area contributed by atoms with Crippen LogP contribution in [0, 0.1) is 5.92 Å². The molecule has 1 fully saturated rings. The molecule has 1 amide bonds. The minimum atomic E-state index is -0.152. The highest BCUT2D eigenvalue weighted by Crippen LogP contribution is 2.26. The van der Waals surface area contributed by atoms with E-state index < -0.39 is 0 Å². The van der Waals surface area contributed by atoms with E-state index in [2.05, 4.69) is 4.98 Å². The van der Waals surface area contributed by atoms with Crippen molar-refractivity contribution in [3.63, 3.8) is 0 Å². The number of imidazole rings is 1. The lowest BCUT2D eigenvalue weighted by Crippen LogP contribution is -2.42. The van der Waals surface area contributed by atoms with Gasteiger partial charge in [-0.15, -0.1) is 0 Å². The fourth-order valence-electron chi connectivity index (χ4n) is 3.87. The van der Waals surface area contributed by atoms with Gasteiger partial charge in [0.15, 0.2) is 5.78 Å². The average Bonchev–Trinajstić information content (AvgIpc) is 3.19. The number of likely N-dealkylation sites (tertiary alicyclic amines) is 1. The van der Waals surface area contributed by atoms with Crippen molar-refractivity contribution in [2.75, 3.05) is 13.1 Å². The molecule has 1 aliphatic heterocycles. The van der Waals surface area contributed by atoms with E-state index in [1.807, 2.05) is 77.3 Å². The van der Waals surface area contributed by atoms with Crippen LogP contribution in [0.1, 0.15) is 33.6 Å². The Bertz CT molecular complexity index is 994. The molecule has 5 heteroatoms. The van der Waals surface area contributed by atoms with E-state index in [0.717, 1.165) is 29.8 Å². The molecule has 4 rings (SSSR count). The number of hydrogen-bond donors (Lipinski definition) is 0. The molecule has 3 aromatic rings. The molecule has 0 aliphatic carbocycles. The molecule has 1 aliphatic rings. The zero-order chi connectivity index (χ0) is 19.5. The molecule has 142 valence electrons. The summed E-state index contributed by atoms with van der Waals surface area (Å²) >= 11 is 0. The quantitative estimate of drug-likeness (QED) is 0.653. The van der Waals surface area contributed by atoms with E-state index in [4.69, 9.17) is 0 Å². The van der Waals surface area contributed by atoms with Crippen molar-refractivity contribution in [2.24, 2.45) is 13.0 Å².